The maximum absolute atomic E-state index is 12.4. The van der Waals surface area contributed by atoms with Crippen LogP contribution in [0.2, 0.25) is 0 Å². The highest BCUT2D eigenvalue weighted by Crippen LogP contribution is 2.31. The van der Waals surface area contributed by atoms with Crippen molar-refractivity contribution in [3.05, 3.63) is 0 Å². The molecule has 5 nitrogen and oxygen atoms in total. The first-order valence-electron chi connectivity index (χ1n) is 8.47. The van der Waals surface area contributed by atoms with Crippen molar-refractivity contribution in [2.24, 2.45) is 0 Å². The highest BCUT2D eigenvalue weighted by molar-refractivity contribution is 7.90. The SMILES string of the molecule is CCC1CC(C)(N[S+]([O-])C(C)(C)C)CCN1C(=O)OC(C)(C)C. The fraction of sp³-hybridized carbons (Fsp3) is 0.941. The highest BCUT2D eigenvalue weighted by atomic mass is 32.2. The van der Waals surface area contributed by atoms with E-state index in [9.17, 15) is 9.35 Å². The summed E-state index contributed by atoms with van der Waals surface area (Å²) in [5.41, 5.74) is -0.709. The standard InChI is InChI=1S/C17H34N2O3S/c1-9-13-12-17(8,18-23(21)16(5,6)7)10-11-19(13)14(20)22-15(2,3)4/h13,18H,9-12H2,1-8H3. The molecular formula is C17H34N2O3S. The minimum Gasteiger partial charge on any atom is -0.598 e. The van der Waals surface area contributed by atoms with Crippen molar-refractivity contribution in [2.75, 3.05) is 6.54 Å². The number of hydrogen-bond acceptors (Lipinski definition) is 4. The van der Waals surface area contributed by atoms with Gasteiger partial charge in [-0.2, -0.15) is 0 Å². The molecule has 136 valence electrons. The lowest BCUT2D eigenvalue weighted by Gasteiger charge is -2.45. The predicted octanol–water partition coefficient (Wildman–Crippen LogP) is 3.61. The molecule has 3 atom stereocenters. The summed E-state index contributed by atoms with van der Waals surface area (Å²) in [6, 6.07) is 0.105. The summed E-state index contributed by atoms with van der Waals surface area (Å²) in [4.78, 5) is 14.2. The van der Waals surface area contributed by atoms with Gasteiger partial charge in [0, 0.05) is 23.9 Å². The number of nitrogens with zero attached hydrogens (tertiary/aromatic N) is 1. The van der Waals surface area contributed by atoms with Crippen LogP contribution in [-0.2, 0) is 16.1 Å². The molecule has 0 aromatic carbocycles. The molecule has 1 rings (SSSR count). The van der Waals surface area contributed by atoms with Crippen LogP contribution in [0.4, 0.5) is 4.79 Å². The fourth-order valence-corrected chi connectivity index (χ4v) is 3.62. The zero-order valence-corrected chi connectivity index (χ0v) is 16.8. The zero-order chi connectivity index (χ0) is 18.1. The second kappa shape index (κ2) is 7.19. The van der Waals surface area contributed by atoms with Gasteiger partial charge in [0.2, 0.25) is 0 Å². The van der Waals surface area contributed by atoms with E-state index < -0.39 is 17.0 Å². The first-order chi connectivity index (χ1) is 10.3. The molecule has 0 aromatic heterocycles. The van der Waals surface area contributed by atoms with E-state index in [1.54, 1.807) is 0 Å². The Bertz CT molecular complexity index is 417. The van der Waals surface area contributed by atoms with Crippen molar-refractivity contribution in [2.45, 2.75) is 96.6 Å². The Morgan fingerprint density at radius 2 is 1.91 bits per heavy atom. The molecule has 6 heteroatoms. The number of likely N-dealkylation sites (tertiary alicyclic amines) is 1. The quantitative estimate of drug-likeness (QED) is 0.793. The monoisotopic (exact) mass is 346 g/mol. The van der Waals surface area contributed by atoms with Gasteiger partial charge < -0.3 is 14.2 Å². The molecule has 1 amide bonds. The van der Waals surface area contributed by atoms with Crippen molar-refractivity contribution in [3.63, 3.8) is 0 Å². The first kappa shape index (κ1) is 20.6. The number of ether oxygens (including phenoxy) is 1. The molecule has 1 aliphatic heterocycles. The normalized spacial score (nSPS) is 27.7. The van der Waals surface area contributed by atoms with E-state index in [1.165, 1.54) is 0 Å². The van der Waals surface area contributed by atoms with Crippen LogP contribution in [0.3, 0.4) is 0 Å². The van der Waals surface area contributed by atoms with Crippen LogP contribution >= 0.6 is 0 Å². The van der Waals surface area contributed by atoms with Crippen molar-refractivity contribution < 1.29 is 14.1 Å². The largest absolute Gasteiger partial charge is 0.598 e. The Kier molecular flexibility index (Phi) is 6.44. The lowest BCUT2D eigenvalue weighted by atomic mass is 9.85. The molecule has 0 bridgehead atoms. The van der Waals surface area contributed by atoms with Crippen molar-refractivity contribution in [1.82, 2.24) is 9.62 Å². The summed E-state index contributed by atoms with van der Waals surface area (Å²) in [7, 11) is 0. The smallest absolute Gasteiger partial charge is 0.410 e. The zero-order valence-electron chi connectivity index (χ0n) is 16.0. The summed E-state index contributed by atoms with van der Waals surface area (Å²) >= 11 is -1.11. The van der Waals surface area contributed by atoms with Gasteiger partial charge in [0.15, 0.2) is 0 Å². The molecule has 0 aromatic rings. The molecule has 1 fully saturated rings. The van der Waals surface area contributed by atoms with Crippen molar-refractivity contribution in [3.8, 4) is 0 Å². The van der Waals surface area contributed by atoms with Crippen LogP contribution in [-0.4, -0.2) is 44.0 Å². The molecule has 1 aliphatic rings. The maximum Gasteiger partial charge on any atom is 0.410 e. The van der Waals surface area contributed by atoms with Crippen LogP contribution < -0.4 is 4.72 Å². The van der Waals surface area contributed by atoms with E-state index in [-0.39, 0.29) is 22.4 Å². The fourth-order valence-electron chi connectivity index (χ4n) is 2.68. The minimum atomic E-state index is -1.11. The molecular weight excluding hydrogens is 312 g/mol. The molecule has 1 heterocycles. The van der Waals surface area contributed by atoms with Gasteiger partial charge in [-0.25, -0.2) is 4.79 Å². The topological polar surface area (TPSA) is 64.6 Å². The molecule has 0 radical (unpaired) electrons. The Labute approximate surface area is 144 Å². The van der Waals surface area contributed by atoms with Crippen molar-refractivity contribution in [1.29, 1.82) is 0 Å². The van der Waals surface area contributed by atoms with Crippen molar-refractivity contribution >= 4 is 17.5 Å². The Balaban J connectivity index is 2.76. The van der Waals surface area contributed by atoms with E-state index in [1.807, 2.05) is 46.4 Å². The van der Waals surface area contributed by atoms with Crippen LogP contribution in [0.1, 0.15) is 74.7 Å². The summed E-state index contributed by atoms with van der Waals surface area (Å²) < 4.78 is 21.0. The minimum absolute atomic E-state index is 0.105. The summed E-state index contributed by atoms with van der Waals surface area (Å²) in [6.07, 6.45) is 2.16. The van der Waals surface area contributed by atoms with Gasteiger partial charge in [0.05, 0.1) is 5.54 Å². The van der Waals surface area contributed by atoms with E-state index in [0.29, 0.717) is 6.54 Å². The van der Waals surface area contributed by atoms with Gasteiger partial charge in [-0.05, 0) is 67.7 Å². The van der Waals surface area contributed by atoms with Gasteiger partial charge in [-0.15, -0.1) is 4.72 Å². The van der Waals surface area contributed by atoms with Gasteiger partial charge in [0.1, 0.15) is 10.3 Å². The molecule has 1 saturated heterocycles. The third-order valence-electron chi connectivity index (χ3n) is 4.03. The maximum atomic E-state index is 12.4. The molecule has 23 heavy (non-hydrogen) atoms. The number of rotatable bonds is 3. The second-order valence-corrected chi connectivity index (χ2v) is 10.7. The average Bonchev–Trinajstić information content (AvgIpc) is 2.34. The molecule has 0 aliphatic carbocycles. The van der Waals surface area contributed by atoms with Gasteiger partial charge >= 0.3 is 6.09 Å². The van der Waals surface area contributed by atoms with E-state index in [0.717, 1.165) is 19.3 Å². The van der Waals surface area contributed by atoms with Crippen LogP contribution in [0.15, 0.2) is 0 Å². The summed E-state index contributed by atoms with van der Waals surface area (Å²) in [6.45, 7) is 16.3. The number of nitrogens with one attached hydrogen (secondary N) is 1. The first-order valence-corrected chi connectivity index (χ1v) is 9.62. The predicted molar refractivity (Wildman–Crippen MR) is 95.7 cm³/mol. The lowest BCUT2D eigenvalue weighted by Crippen LogP contribution is -2.60. The Morgan fingerprint density at radius 3 is 2.35 bits per heavy atom. The number of amides is 1. The van der Waals surface area contributed by atoms with Gasteiger partial charge in [-0.3, -0.25) is 0 Å². The summed E-state index contributed by atoms with van der Waals surface area (Å²) in [5, 5.41) is 0. The third-order valence-corrected chi connectivity index (χ3v) is 5.82. The molecule has 0 spiro atoms. The van der Waals surface area contributed by atoms with Crippen LogP contribution in [0.5, 0.6) is 0 Å². The molecule has 0 saturated carbocycles. The van der Waals surface area contributed by atoms with E-state index in [2.05, 4.69) is 18.6 Å². The van der Waals surface area contributed by atoms with Crippen LogP contribution in [0, 0.1) is 0 Å². The van der Waals surface area contributed by atoms with Crippen LogP contribution in [0.25, 0.3) is 0 Å². The molecule has 1 N–H and O–H groups in total. The third kappa shape index (κ3) is 6.16. The van der Waals surface area contributed by atoms with E-state index in [4.69, 9.17) is 4.74 Å². The number of piperidine rings is 1. The van der Waals surface area contributed by atoms with E-state index >= 15 is 0 Å². The van der Waals surface area contributed by atoms with Gasteiger partial charge in [0.25, 0.3) is 0 Å². The highest BCUT2D eigenvalue weighted by Gasteiger charge is 2.43. The molecule has 3 unspecified atom stereocenters. The Morgan fingerprint density at radius 1 is 1.35 bits per heavy atom. The van der Waals surface area contributed by atoms with Gasteiger partial charge in [-0.1, -0.05) is 6.92 Å². The number of carbonyl (C=O) groups excluding carboxylic acids is 1. The lowest BCUT2D eigenvalue weighted by molar-refractivity contribution is 0.00164. The number of carbonyl (C=O) groups is 1. The average molecular weight is 347 g/mol. The second-order valence-electron chi connectivity index (χ2n) is 8.73. The Hall–Kier alpha value is -0.460. The summed E-state index contributed by atoms with van der Waals surface area (Å²) in [5.74, 6) is 0. The number of hydrogen-bond donors (Lipinski definition) is 1.